The number of carbonyl (C=O) groups is 4. The molecule has 0 saturated heterocycles. The second kappa shape index (κ2) is 19.1. The van der Waals surface area contributed by atoms with E-state index in [-0.39, 0.29) is 0 Å². The number of rotatable bonds is 10. The molecule has 0 rings (SSSR count). The van der Waals surface area contributed by atoms with Gasteiger partial charge in [0.05, 0.1) is 0 Å². The normalized spacial score (nSPS) is 11.7. The lowest BCUT2D eigenvalue weighted by Gasteiger charge is -2.03. The van der Waals surface area contributed by atoms with Crippen molar-refractivity contribution in [1.29, 1.82) is 0 Å². The molecule has 0 amide bonds. The molecule has 0 aliphatic carbocycles. The Hall–Kier alpha value is -2.28. The Labute approximate surface area is 151 Å². The molecule has 12 N–H and O–H groups in total. The van der Waals surface area contributed by atoms with Crippen molar-refractivity contribution < 1.29 is 39.6 Å². The third kappa shape index (κ3) is 24.0. The van der Waals surface area contributed by atoms with Gasteiger partial charge in [-0.25, -0.2) is 9.59 Å². The molecule has 12 nitrogen and oxygen atoms in total. The summed E-state index contributed by atoms with van der Waals surface area (Å²) in [5, 5.41) is 31.4. The first-order chi connectivity index (χ1) is 12.0. The van der Waals surface area contributed by atoms with Gasteiger partial charge in [-0.05, 0) is 38.8 Å². The van der Waals surface area contributed by atoms with Crippen molar-refractivity contribution >= 4 is 23.9 Å². The average Bonchev–Trinajstić information content (AvgIpc) is 2.55. The lowest BCUT2D eigenvalue weighted by Crippen LogP contribution is -2.29. The highest BCUT2D eigenvalue weighted by molar-refractivity contribution is 6.27. The SMILES string of the molecule is NCCCC[C@H](N)C(=O)O.NCCCC[C@H](N)C(=O)O.O=C(O)C(=O)O. The lowest BCUT2D eigenvalue weighted by atomic mass is 10.1. The number of hydrogen-bond donors (Lipinski definition) is 8. The summed E-state index contributed by atoms with van der Waals surface area (Å²) < 4.78 is 0. The van der Waals surface area contributed by atoms with Crippen LogP contribution in [-0.4, -0.2) is 69.5 Å². The molecule has 26 heavy (non-hydrogen) atoms. The van der Waals surface area contributed by atoms with Gasteiger partial charge >= 0.3 is 23.9 Å². The predicted octanol–water partition coefficient (Wildman–Crippen LogP) is -1.79. The van der Waals surface area contributed by atoms with E-state index in [9.17, 15) is 9.59 Å². The van der Waals surface area contributed by atoms with Crippen LogP contribution >= 0.6 is 0 Å². The van der Waals surface area contributed by atoms with E-state index in [0.717, 1.165) is 25.7 Å². The molecule has 12 heteroatoms. The molecule has 0 bridgehead atoms. The largest absolute Gasteiger partial charge is 0.480 e. The van der Waals surface area contributed by atoms with Gasteiger partial charge in [0.1, 0.15) is 12.1 Å². The summed E-state index contributed by atoms with van der Waals surface area (Å²) in [7, 11) is 0. The number of carboxylic acids is 4. The van der Waals surface area contributed by atoms with Crippen molar-refractivity contribution in [1.82, 2.24) is 0 Å². The van der Waals surface area contributed by atoms with Crippen LogP contribution in [0.2, 0.25) is 0 Å². The fourth-order valence-electron chi connectivity index (χ4n) is 1.26. The Morgan fingerprint density at radius 2 is 0.885 bits per heavy atom. The standard InChI is InChI=1S/2C6H14N2O2.C2H2O4/c2*7-4-2-1-3-5(8)6(9)10;3-1(4)2(5)6/h2*5H,1-4,7-8H2,(H,9,10);(H,3,4)(H,5,6)/t2*5-;/m00./s1. The summed E-state index contributed by atoms with van der Waals surface area (Å²) in [5.41, 5.74) is 20.8. The Morgan fingerprint density at radius 1 is 0.615 bits per heavy atom. The molecule has 0 aliphatic rings. The molecular formula is C14H30N4O8. The fourth-order valence-corrected chi connectivity index (χ4v) is 1.26. The van der Waals surface area contributed by atoms with Gasteiger partial charge in [0.2, 0.25) is 0 Å². The molecule has 0 fully saturated rings. The first-order valence-electron chi connectivity index (χ1n) is 7.84. The Morgan fingerprint density at radius 3 is 1.04 bits per heavy atom. The second-order valence-corrected chi connectivity index (χ2v) is 5.07. The van der Waals surface area contributed by atoms with E-state index in [1.54, 1.807) is 0 Å². The maximum Gasteiger partial charge on any atom is 0.414 e. The third-order valence-corrected chi connectivity index (χ3v) is 2.76. The maximum atomic E-state index is 10.1. The minimum absolute atomic E-state index is 0.520. The fraction of sp³-hybridized carbons (Fsp3) is 0.714. The molecule has 0 spiro atoms. The molecule has 0 heterocycles. The van der Waals surface area contributed by atoms with E-state index in [2.05, 4.69) is 0 Å². The van der Waals surface area contributed by atoms with Crippen LogP contribution in [-0.2, 0) is 19.2 Å². The van der Waals surface area contributed by atoms with Gasteiger partial charge in [0.15, 0.2) is 0 Å². The summed E-state index contributed by atoms with van der Waals surface area (Å²) in [5.74, 6) is -5.51. The zero-order valence-corrected chi connectivity index (χ0v) is 14.5. The van der Waals surface area contributed by atoms with Crippen LogP contribution in [0.3, 0.4) is 0 Å². The Kier molecular flexibility index (Phi) is 20.9. The number of nitrogens with two attached hydrogens (primary N) is 4. The first kappa shape index (κ1) is 28.5. The topological polar surface area (TPSA) is 253 Å². The zero-order valence-electron chi connectivity index (χ0n) is 14.5. The lowest BCUT2D eigenvalue weighted by molar-refractivity contribution is -0.159. The Balaban J connectivity index is -0.000000316. The maximum absolute atomic E-state index is 10.1. The summed E-state index contributed by atoms with van der Waals surface area (Å²) in [6.07, 6.45) is 4.33. The molecule has 0 radical (unpaired) electrons. The van der Waals surface area contributed by atoms with Crippen LogP contribution in [0.4, 0.5) is 0 Å². The van der Waals surface area contributed by atoms with Gasteiger partial charge in [-0.1, -0.05) is 12.8 Å². The number of carboxylic acid groups (broad SMARTS) is 4. The van der Waals surface area contributed by atoms with Crippen molar-refractivity contribution in [3.63, 3.8) is 0 Å². The van der Waals surface area contributed by atoms with Crippen LogP contribution in [0.1, 0.15) is 38.5 Å². The van der Waals surface area contributed by atoms with Crippen molar-refractivity contribution in [3.8, 4) is 0 Å². The highest BCUT2D eigenvalue weighted by atomic mass is 16.4. The van der Waals surface area contributed by atoms with Crippen molar-refractivity contribution in [2.24, 2.45) is 22.9 Å². The first-order valence-corrected chi connectivity index (χ1v) is 7.84. The number of unbranched alkanes of at least 4 members (excludes halogenated alkanes) is 2. The van der Waals surface area contributed by atoms with Gasteiger partial charge in [-0.2, -0.15) is 0 Å². The van der Waals surface area contributed by atoms with E-state index in [0.29, 0.717) is 25.9 Å². The molecule has 0 aromatic carbocycles. The molecule has 0 aliphatic heterocycles. The van der Waals surface area contributed by atoms with Gasteiger partial charge in [0, 0.05) is 0 Å². The van der Waals surface area contributed by atoms with E-state index >= 15 is 0 Å². The molecule has 154 valence electrons. The highest BCUT2D eigenvalue weighted by Crippen LogP contribution is 1.97. The predicted molar refractivity (Wildman–Crippen MR) is 92.3 cm³/mol. The molecule has 0 unspecified atom stereocenters. The summed E-state index contributed by atoms with van der Waals surface area (Å²) in [6.45, 7) is 1.21. The average molecular weight is 382 g/mol. The molecule has 0 aromatic heterocycles. The molecular weight excluding hydrogens is 352 g/mol. The van der Waals surface area contributed by atoms with Gasteiger partial charge in [-0.15, -0.1) is 0 Å². The minimum Gasteiger partial charge on any atom is -0.480 e. The quantitative estimate of drug-likeness (QED) is 0.154. The van der Waals surface area contributed by atoms with Crippen molar-refractivity contribution in [2.75, 3.05) is 13.1 Å². The van der Waals surface area contributed by atoms with E-state index in [1.807, 2.05) is 0 Å². The van der Waals surface area contributed by atoms with Crippen LogP contribution in [0.15, 0.2) is 0 Å². The third-order valence-electron chi connectivity index (χ3n) is 2.76. The molecule has 2 atom stereocenters. The van der Waals surface area contributed by atoms with Gasteiger partial charge in [-0.3, -0.25) is 9.59 Å². The van der Waals surface area contributed by atoms with Crippen molar-refractivity contribution in [2.45, 2.75) is 50.6 Å². The Bertz CT molecular complexity index is 382. The minimum atomic E-state index is -1.82. The van der Waals surface area contributed by atoms with Crippen LogP contribution in [0.25, 0.3) is 0 Å². The second-order valence-electron chi connectivity index (χ2n) is 5.07. The monoisotopic (exact) mass is 382 g/mol. The summed E-state index contributed by atoms with van der Waals surface area (Å²) in [6, 6.07) is -1.43. The van der Waals surface area contributed by atoms with Crippen molar-refractivity contribution in [3.05, 3.63) is 0 Å². The summed E-state index contributed by atoms with van der Waals surface area (Å²) in [4.78, 5) is 38.5. The number of aliphatic carboxylic acids is 4. The van der Waals surface area contributed by atoms with E-state index in [4.69, 9.17) is 52.9 Å². The zero-order chi connectivity index (χ0) is 21.1. The molecule has 0 saturated carbocycles. The van der Waals surface area contributed by atoms with Crippen LogP contribution in [0, 0.1) is 0 Å². The highest BCUT2D eigenvalue weighted by Gasteiger charge is 2.09. The smallest absolute Gasteiger partial charge is 0.414 e. The van der Waals surface area contributed by atoms with E-state index < -0.39 is 36.0 Å². The molecule has 0 aromatic rings. The van der Waals surface area contributed by atoms with Crippen LogP contribution < -0.4 is 22.9 Å². The number of hydrogen-bond acceptors (Lipinski definition) is 8. The van der Waals surface area contributed by atoms with E-state index in [1.165, 1.54) is 0 Å². The van der Waals surface area contributed by atoms with Crippen LogP contribution in [0.5, 0.6) is 0 Å². The summed E-state index contributed by atoms with van der Waals surface area (Å²) >= 11 is 0. The van der Waals surface area contributed by atoms with Gasteiger partial charge < -0.3 is 43.4 Å². The van der Waals surface area contributed by atoms with Gasteiger partial charge in [0.25, 0.3) is 0 Å².